The highest BCUT2D eigenvalue weighted by molar-refractivity contribution is 7.82. The van der Waals surface area contributed by atoms with Crippen LogP contribution < -0.4 is 10.6 Å². The second-order valence-electron chi connectivity index (χ2n) is 7.31. The van der Waals surface area contributed by atoms with Crippen molar-refractivity contribution in [2.45, 2.75) is 24.3 Å². The van der Waals surface area contributed by atoms with Gasteiger partial charge in [0.2, 0.25) is 0 Å². The standard InChI is InChI=1S/C20H13F6N2O5P/c21-19(22,23)13-9-17(12-18(11-13,28(31)32)20(24,25)26)34(33,15-6-2-1-3-7-15)16-8-4-5-14(10-16)27(29)30/h1-10,12H,11H2/t18-,34-/m0/s1. The molecule has 3 rings (SSSR count). The predicted molar refractivity (Wildman–Crippen MR) is 109 cm³/mol. The molecule has 7 nitrogen and oxygen atoms in total. The number of hydrogen-bond donors (Lipinski definition) is 0. The van der Waals surface area contributed by atoms with Gasteiger partial charge in [0.15, 0.2) is 7.14 Å². The molecule has 2 aromatic carbocycles. The molecule has 2 aromatic rings. The summed E-state index contributed by atoms with van der Waals surface area (Å²) in [7, 11) is -4.69. The Kier molecular flexibility index (Phi) is 6.21. The number of rotatable bonds is 5. The van der Waals surface area contributed by atoms with Crippen molar-refractivity contribution >= 4 is 23.4 Å². The van der Waals surface area contributed by atoms with Gasteiger partial charge in [0.05, 0.1) is 11.3 Å². The molecule has 0 unspecified atom stereocenters. The Morgan fingerprint density at radius 1 is 0.882 bits per heavy atom. The minimum atomic E-state index is -5.78. The van der Waals surface area contributed by atoms with Gasteiger partial charge in [-0.2, -0.15) is 26.3 Å². The summed E-state index contributed by atoms with van der Waals surface area (Å²) in [6, 6.07) is 10.2. The lowest BCUT2D eigenvalue weighted by Gasteiger charge is -2.32. The van der Waals surface area contributed by atoms with Crippen LogP contribution in [-0.2, 0) is 4.57 Å². The molecule has 1 aliphatic carbocycles. The molecule has 34 heavy (non-hydrogen) atoms. The van der Waals surface area contributed by atoms with E-state index in [1.54, 1.807) is 0 Å². The number of non-ortho nitro benzene ring substituents is 1. The highest BCUT2D eigenvalue weighted by Gasteiger charge is 2.68. The molecule has 2 atom stereocenters. The van der Waals surface area contributed by atoms with E-state index in [2.05, 4.69) is 0 Å². The van der Waals surface area contributed by atoms with Crippen molar-refractivity contribution in [3.05, 3.63) is 97.9 Å². The summed E-state index contributed by atoms with van der Waals surface area (Å²) in [5.74, 6) is 0. The smallest absolute Gasteiger partial charge is 0.309 e. The molecule has 0 saturated carbocycles. The van der Waals surface area contributed by atoms with Gasteiger partial charge in [-0.15, -0.1) is 0 Å². The van der Waals surface area contributed by atoms with E-state index in [0.29, 0.717) is 0 Å². The average molecular weight is 506 g/mol. The summed E-state index contributed by atoms with van der Waals surface area (Å²) in [6.07, 6.45) is -13.1. The van der Waals surface area contributed by atoms with Crippen LogP contribution in [0.3, 0.4) is 0 Å². The maximum absolute atomic E-state index is 14.4. The number of hydrogen-bond acceptors (Lipinski definition) is 5. The fourth-order valence-electron chi connectivity index (χ4n) is 3.51. The first-order valence-corrected chi connectivity index (χ1v) is 11.0. The fraction of sp³-hybridized carbons (Fsp3) is 0.200. The lowest BCUT2D eigenvalue weighted by atomic mass is 9.86. The molecular weight excluding hydrogens is 493 g/mol. The molecular formula is C20H13F6N2O5P. The van der Waals surface area contributed by atoms with Crippen LogP contribution in [0.5, 0.6) is 0 Å². The molecule has 1 aliphatic rings. The first-order valence-electron chi connectivity index (χ1n) is 9.26. The molecule has 0 saturated heterocycles. The molecule has 180 valence electrons. The van der Waals surface area contributed by atoms with Crippen molar-refractivity contribution in [1.82, 2.24) is 0 Å². The van der Waals surface area contributed by atoms with Crippen LogP contribution in [0, 0.1) is 20.2 Å². The van der Waals surface area contributed by atoms with Gasteiger partial charge in [0, 0.05) is 44.6 Å². The second kappa shape index (κ2) is 8.39. The van der Waals surface area contributed by atoms with E-state index in [4.69, 9.17) is 0 Å². The first-order chi connectivity index (χ1) is 15.6. The minimum Gasteiger partial charge on any atom is -0.309 e. The van der Waals surface area contributed by atoms with Gasteiger partial charge in [0.25, 0.3) is 5.69 Å². The number of nitro benzene ring substituents is 1. The number of alkyl halides is 6. The maximum Gasteiger partial charge on any atom is 0.465 e. The molecule has 0 fully saturated rings. The number of nitro groups is 2. The Balaban J connectivity index is 2.45. The Morgan fingerprint density at radius 2 is 1.47 bits per heavy atom. The van der Waals surface area contributed by atoms with Crippen molar-refractivity contribution in [2.75, 3.05) is 0 Å². The topological polar surface area (TPSA) is 103 Å². The SMILES string of the molecule is O=[N+]([O-])c1cccc([P@](=O)(C2=C[C@]([N+](=O)[O-])(C(F)(F)F)CC(C(F)(F)F)=C2)c2ccccc2)c1. The monoisotopic (exact) mass is 506 g/mol. The van der Waals surface area contributed by atoms with E-state index < -0.39 is 63.2 Å². The fourth-order valence-corrected chi connectivity index (χ4v) is 6.34. The van der Waals surface area contributed by atoms with Gasteiger partial charge < -0.3 is 4.57 Å². The maximum atomic E-state index is 14.4. The van der Waals surface area contributed by atoms with Crippen LogP contribution in [0.4, 0.5) is 32.0 Å². The highest BCUT2D eigenvalue weighted by atomic mass is 31.2. The molecule has 14 heteroatoms. The average Bonchev–Trinajstić information content (AvgIpc) is 2.77. The molecule has 0 heterocycles. The number of benzene rings is 2. The third-order valence-electron chi connectivity index (χ3n) is 5.24. The van der Waals surface area contributed by atoms with E-state index in [1.807, 2.05) is 0 Å². The van der Waals surface area contributed by atoms with Crippen molar-refractivity contribution in [3.8, 4) is 0 Å². The minimum absolute atomic E-state index is 0.0746. The molecule has 0 aromatic heterocycles. The Morgan fingerprint density at radius 3 is 1.97 bits per heavy atom. The third kappa shape index (κ3) is 4.23. The van der Waals surface area contributed by atoms with Gasteiger partial charge in [-0.25, -0.2) is 0 Å². The van der Waals surface area contributed by atoms with E-state index in [0.717, 1.165) is 36.4 Å². The Bertz CT molecular complexity index is 1260. The molecule has 0 aliphatic heterocycles. The Hall–Kier alpha value is -3.47. The zero-order chi connectivity index (χ0) is 25.5. The van der Waals surface area contributed by atoms with Gasteiger partial charge in [0.1, 0.15) is 0 Å². The van der Waals surface area contributed by atoms with Crippen LogP contribution in [0.1, 0.15) is 6.42 Å². The summed E-state index contributed by atoms with van der Waals surface area (Å²) in [5.41, 5.74) is -6.74. The summed E-state index contributed by atoms with van der Waals surface area (Å²) in [6.45, 7) is 0. The Labute approximate surface area is 187 Å². The van der Waals surface area contributed by atoms with Crippen molar-refractivity contribution in [2.24, 2.45) is 0 Å². The normalized spacial score (nSPS) is 20.6. The molecule has 0 amide bonds. The molecule has 0 spiro atoms. The van der Waals surface area contributed by atoms with Gasteiger partial charge in [-0.1, -0.05) is 42.5 Å². The van der Waals surface area contributed by atoms with Crippen LogP contribution in [0.2, 0.25) is 0 Å². The van der Waals surface area contributed by atoms with Gasteiger partial charge in [-0.3, -0.25) is 20.2 Å². The van der Waals surface area contributed by atoms with Crippen molar-refractivity contribution < 1.29 is 40.8 Å². The van der Waals surface area contributed by atoms with Crippen molar-refractivity contribution in [1.29, 1.82) is 0 Å². The molecule has 0 N–H and O–H groups in total. The number of nitrogens with zero attached hydrogens (tertiary/aromatic N) is 2. The van der Waals surface area contributed by atoms with E-state index in [1.165, 1.54) is 18.2 Å². The summed E-state index contributed by atoms with van der Waals surface area (Å²) in [4.78, 5) is 20.0. The zero-order valence-electron chi connectivity index (χ0n) is 16.7. The molecule has 0 bridgehead atoms. The van der Waals surface area contributed by atoms with Crippen LogP contribution in [0.15, 0.2) is 77.6 Å². The zero-order valence-corrected chi connectivity index (χ0v) is 17.6. The van der Waals surface area contributed by atoms with Gasteiger partial charge >= 0.3 is 17.9 Å². The molecule has 0 radical (unpaired) electrons. The van der Waals surface area contributed by atoms with E-state index in [9.17, 15) is 51.1 Å². The number of allylic oxidation sites excluding steroid dienone is 2. The summed E-state index contributed by atoms with van der Waals surface area (Å²) in [5, 5.41) is 20.9. The van der Waals surface area contributed by atoms with Crippen molar-refractivity contribution in [3.63, 3.8) is 0 Å². The lowest BCUT2D eigenvalue weighted by Crippen LogP contribution is -2.52. The quantitative estimate of drug-likeness (QED) is 0.238. The van der Waals surface area contributed by atoms with Crippen LogP contribution in [-0.4, -0.2) is 27.7 Å². The van der Waals surface area contributed by atoms with E-state index in [-0.39, 0.29) is 17.5 Å². The predicted octanol–water partition coefficient (Wildman–Crippen LogP) is 5.26. The lowest BCUT2D eigenvalue weighted by molar-refractivity contribution is -0.597. The first kappa shape index (κ1) is 25.2. The third-order valence-corrected chi connectivity index (χ3v) is 8.25. The largest absolute Gasteiger partial charge is 0.465 e. The summed E-state index contributed by atoms with van der Waals surface area (Å²) < 4.78 is 96.8. The second-order valence-corrected chi connectivity index (χ2v) is 10.1. The van der Waals surface area contributed by atoms with Crippen LogP contribution in [0.25, 0.3) is 0 Å². The van der Waals surface area contributed by atoms with Crippen LogP contribution >= 0.6 is 7.14 Å². The summed E-state index contributed by atoms with van der Waals surface area (Å²) >= 11 is 0. The number of halogens is 6. The van der Waals surface area contributed by atoms with Gasteiger partial charge in [-0.05, 0) is 6.08 Å². The van der Waals surface area contributed by atoms with E-state index >= 15 is 0 Å². The highest BCUT2D eigenvalue weighted by Crippen LogP contribution is 2.58.